The first-order valence-corrected chi connectivity index (χ1v) is 10.8. The van der Waals surface area contributed by atoms with E-state index in [4.69, 9.17) is 4.74 Å². The number of rotatable bonds is 6. The van der Waals surface area contributed by atoms with Gasteiger partial charge in [-0.05, 0) is 35.4 Å². The van der Waals surface area contributed by atoms with Crippen molar-refractivity contribution in [2.24, 2.45) is 5.10 Å². The molecule has 1 atom stereocenters. The standard InChI is InChI=1S/C20H23N3O4S/c1-4-20(24)23-19(14-8-10-17(27-2)11-9-14)13-18(21-23)15-6-5-7-16(12-15)22-28(3,25)26/h5-12,19,22H,4,13H2,1-3H3/t19-/m1/s1. The Morgan fingerprint density at radius 1 is 1.25 bits per heavy atom. The first kappa shape index (κ1) is 19.9. The Morgan fingerprint density at radius 2 is 1.96 bits per heavy atom. The number of benzene rings is 2. The first-order valence-electron chi connectivity index (χ1n) is 8.92. The van der Waals surface area contributed by atoms with Gasteiger partial charge in [0, 0.05) is 18.5 Å². The number of anilines is 1. The lowest BCUT2D eigenvalue weighted by Gasteiger charge is -2.21. The number of carbonyl (C=O) groups excluding carboxylic acids is 1. The van der Waals surface area contributed by atoms with Gasteiger partial charge in [-0.1, -0.05) is 31.2 Å². The molecule has 1 aliphatic heterocycles. The molecule has 2 aromatic carbocycles. The van der Waals surface area contributed by atoms with Crippen LogP contribution in [-0.2, 0) is 14.8 Å². The second-order valence-corrected chi connectivity index (χ2v) is 8.34. The van der Waals surface area contributed by atoms with Crippen LogP contribution in [0.3, 0.4) is 0 Å². The summed E-state index contributed by atoms with van der Waals surface area (Å²) in [4.78, 5) is 12.5. The predicted octanol–water partition coefficient (Wildman–Crippen LogP) is 3.15. The first-order chi connectivity index (χ1) is 13.3. The van der Waals surface area contributed by atoms with Crippen molar-refractivity contribution < 1.29 is 17.9 Å². The minimum Gasteiger partial charge on any atom is -0.497 e. The van der Waals surface area contributed by atoms with E-state index in [1.54, 1.807) is 32.2 Å². The highest BCUT2D eigenvalue weighted by Gasteiger charge is 2.32. The summed E-state index contributed by atoms with van der Waals surface area (Å²) in [6, 6.07) is 14.4. The highest BCUT2D eigenvalue weighted by Crippen LogP contribution is 2.34. The van der Waals surface area contributed by atoms with Gasteiger partial charge in [-0.15, -0.1) is 0 Å². The Balaban J connectivity index is 1.92. The van der Waals surface area contributed by atoms with Crippen molar-refractivity contribution in [3.63, 3.8) is 0 Å². The lowest BCUT2D eigenvalue weighted by atomic mass is 9.98. The van der Waals surface area contributed by atoms with Crippen LogP contribution in [0.5, 0.6) is 5.75 Å². The molecule has 8 heteroatoms. The van der Waals surface area contributed by atoms with Crippen molar-refractivity contribution in [2.45, 2.75) is 25.8 Å². The third-order valence-corrected chi connectivity index (χ3v) is 5.07. The van der Waals surface area contributed by atoms with Crippen LogP contribution in [0.2, 0.25) is 0 Å². The third kappa shape index (κ3) is 4.51. The highest BCUT2D eigenvalue weighted by molar-refractivity contribution is 7.92. The quantitative estimate of drug-likeness (QED) is 0.805. The van der Waals surface area contributed by atoms with Crippen LogP contribution < -0.4 is 9.46 Å². The Hall–Kier alpha value is -2.87. The maximum Gasteiger partial charge on any atom is 0.242 e. The lowest BCUT2D eigenvalue weighted by Crippen LogP contribution is -2.26. The molecule has 0 saturated heterocycles. The number of amides is 1. The summed E-state index contributed by atoms with van der Waals surface area (Å²) in [6.45, 7) is 1.80. The molecule has 0 bridgehead atoms. The van der Waals surface area contributed by atoms with Crippen LogP contribution in [0.1, 0.15) is 36.9 Å². The van der Waals surface area contributed by atoms with E-state index in [0.717, 1.165) is 28.8 Å². The topological polar surface area (TPSA) is 88.1 Å². The van der Waals surface area contributed by atoms with Crippen LogP contribution in [0.4, 0.5) is 5.69 Å². The zero-order valence-corrected chi connectivity index (χ0v) is 16.9. The van der Waals surface area contributed by atoms with Gasteiger partial charge in [0.1, 0.15) is 5.75 Å². The molecule has 148 valence electrons. The minimum absolute atomic E-state index is 0.0683. The van der Waals surface area contributed by atoms with Crippen molar-refractivity contribution in [2.75, 3.05) is 18.1 Å². The average Bonchev–Trinajstić information content (AvgIpc) is 3.12. The van der Waals surface area contributed by atoms with E-state index < -0.39 is 10.0 Å². The fourth-order valence-corrected chi connectivity index (χ4v) is 3.69. The molecule has 1 aliphatic rings. The van der Waals surface area contributed by atoms with E-state index >= 15 is 0 Å². The fourth-order valence-electron chi connectivity index (χ4n) is 3.14. The maximum absolute atomic E-state index is 12.5. The van der Waals surface area contributed by atoms with Crippen molar-refractivity contribution in [3.05, 3.63) is 59.7 Å². The van der Waals surface area contributed by atoms with Crippen LogP contribution in [0, 0.1) is 0 Å². The van der Waals surface area contributed by atoms with Crippen molar-refractivity contribution in [1.82, 2.24) is 5.01 Å². The Morgan fingerprint density at radius 3 is 2.57 bits per heavy atom. The molecule has 2 aromatic rings. The lowest BCUT2D eigenvalue weighted by molar-refractivity contribution is -0.132. The molecule has 7 nitrogen and oxygen atoms in total. The van der Waals surface area contributed by atoms with Gasteiger partial charge in [-0.25, -0.2) is 13.4 Å². The van der Waals surface area contributed by atoms with Crippen LogP contribution in [0.25, 0.3) is 0 Å². The van der Waals surface area contributed by atoms with Gasteiger partial charge < -0.3 is 4.74 Å². The van der Waals surface area contributed by atoms with Gasteiger partial charge >= 0.3 is 0 Å². The summed E-state index contributed by atoms with van der Waals surface area (Å²) in [5.41, 5.74) is 2.94. The highest BCUT2D eigenvalue weighted by atomic mass is 32.2. The van der Waals surface area contributed by atoms with Crippen molar-refractivity contribution >= 4 is 27.3 Å². The zero-order chi connectivity index (χ0) is 20.3. The number of nitrogens with one attached hydrogen (secondary N) is 1. The second kappa shape index (κ2) is 8.02. The number of ether oxygens (including phenoxy) is 1. The van der Waals surface area contributed by atoms with Crippen LogP contribution in [0.15, 0.2) is 53.6 Å². The van der Waals surface area contributed by atoms with E-state index in [9.17, 15) is 13.2 Å². The molecule has 1 heterocycles. The van der Waals surface area contributed by atoms with E-state index in [1.807, 2.05) is 30.3 Å². The molecule has 0 spiro atoms. The molecule has 0 aliphatic carbocycles. The number of hydrogen-bond donors (Lipinski definition) is 1. The normalized spacial score (nSPS) is 16.6. The van der Waals surface area contributed by atoms with E-state index in [0.29, 0.717) is 18.5 Å². The molecule has 1 N–H and O–H groups in total. The van der Waals surface area contributed by atoms with Crippen molar-refractivity contribution in [3.8, 4) is 5.75 Å². The van der Waals surface area contributed by atoms with Crippen molar-refractivity contribution in [1.29, 1.82) is 0 Å². The third-order valence-electron chi connectivity index (χ3n) is 4.47. The summed E-state index contributed by atoms with van der Waals surface area (Å²) in [5, 5.41) is 6.08. The SMILES string of the molecule is CCC(=O)N1N=C(c2cccc(NS(C)(=O)=O)c2)C[C@@H]1c1ccc(OC)cc1. The number of hydrogen-bond acceptors (Lipinski definition) is 5. The number of hydrazone groups is 1. The molecule has 28 heavy (non-hydrogen) atoms. The van der Waals surface area contributed by atoms with Gasteiger partial charge in [-0.3, -0.25) is 9.52 Å². The maximum atomic E-state index is 12.5. The molecule has 0 fully saturated rings. The van der Waals surface area contributed by atoms with Crippen LogP contribution in [-0.4, -0.2) is 38.4 Å². The van der Waals surface area contributed by atoms with Gasteiger partial charge in [0.2, 0.25) is 15.9 Å². The molecule has 0 unspecified atom stereocenters. The van der Waals surface area contributed by atoms with E-state index in [1.165, 1.54) is 5.01 Å². The monoisotopic (exact) mass is 401 g/mol. The largest absolute Gasteiger partial charge is 0.497 e. The average molecular weight is 401 g/mol. The van der Waals surface area contributed by atoms with E-state index in [-0.39, 0.29) is 11.9 Å². The zero-order valence-electron chi connectivity index (χ0n) is 16.0. The summed E-state index contributed by atoms with van der Waals surface area (Å²) in [5.74, 6) is 0.678. The van der Waals surface area contributed by atoms with Crippen LogP contribution >= 0.6 is 0 Å². The molecule has 0 aromatic heterocycles. The summed E-state index contributed by atoms with van der Waals surface area (Å²) in [6.07, 6.45) is 1.99. The molecule has 3 rings (SSSR count). The van der Waals surface area contributed by atoms with Gasteiger partial charge in [0.05, 0.1) is 25.1 Å². The minimum atomic E-state index is -3.37. The van der Waals surface area contributed by atoms with Gasteiger partial charge in [-0.2, -0.15) is 5.10 Å². The summed E-state index contributed by atoms with van der Waals surface area (Å²) >= 11 is 0. The Kier molecular flexibility index (Phi) is 5.69. The van der Waals surface area contributed by atoms with Gasteiger partial charge in [0.25, 0.3) is 0 Å². The number of methoxy groups -OCH3 is 1. The smallest absolute Gasteiger partial charge is 0.242 e. The summed E-state index contributed by atoms with van der Waals surface area (Å²) in [7, 11) is -1.76. The Labute approximate surface area is 165 Å². The molecule has 0 saturated carbocycles. The number of sulfonamides is 1. The Bertz CT molecular complexity index is 1000. The summed E-state index contributed by atoms with van der Waals surface area (Å²) < 4.78 is 30.7. The molecular weight excluding hydrogens is 378 g/mol. The molecule has 0 radical (unpaired) electrons. The fraction of sp³-hybridized carbons (Fsp3) is 0.300. The molecular formula is C20H23N3O4S. The second-order valence-electron chi connectivity index (χ2n) is 6.59. The number of nitrogens with zero attached hydrogens (tertiary/aromatic N) is 2. The predicted molar refractivity (Wildman–Crippen MR) is 109 cm³/mol. The molecule has 1 amide bonds. The number of carbonyl (C=O) groups is 1. The van der Waals surface area contributed by atoms with E-state index in [2.05, 4.69) is 9.82 Å². The van der Waals surface area contributed by atoms with Gasteiger partial charge in [0.15, 0.2) is 0 Å².